The minimum atomic E-state index is -2.74. The summed E-state index contributed by atoms with van der Waals surface area (Å²) in [6.45, 7) is 2.12. The molecule has 0 aromatic heterocycles. The van der Waals surface area contributed by atoms with Gasteiger partial charge >= 0.3 is 7.60 Å². The Morgan fingerprint density at radius 1 is 1.25 bits per heavy atom. The fourth-order valence-electron chi connectivity index (χ4n) is 0.680. The normalized spacial score (nSPS) is 11.9. The highest BCUT2D eigenvalue weighted by Crippen LogP contribution is 2.46. The van der Waals surface area contributed by atoms with E-state index in [0.717, 1.165) is 17.9 Å². The van der Waals surface area contributed by atoms with Crippen LogP contribution in [0.15, 0.2) is 0 Å². The molecule has 0 unspecified atom stereocenters. The molecule has 0 aliphatic carbocycles. The van der Waals surface area contributed by atoms with E-state index in [1.54, 1.807) is 11.8 Å². The molecule has 0 amide bonds. The average molecular weight is 212 g/mol. The molecule has 0 fully saturated rings. The van der Waals surface area contributed by atoms with Crippen molar-refractivity contribution < 1.29 is 13.6 Å². The van der Waals surface area contributed by atoms with Crippen molar-refractivity contribution in [3.63, 3.8) is 0 Å². The zero-order chi connectivity index (χ0) is 9.45. The molecule has 74 valence electrons. The Kier molecular flexibility index (Phi) is 7.25. The Balaban J connectivity index is 3.52. The topological polar surface area (TPSA) is 35.5 Å². The molecule has 0 aliphatic heterocycles. The molecule has 0 spiro atoms. The second kappa shape index (κ2) is 6.96. The van der Waals surface area contributed by atoms with Crippen LogP contribution in [0.5, 0.6) is 0 Å². The summed E-state index contributed by atoms with van der Waals surface area (Å²) >= 11 is 1.78. The van der Waals surface area contributed by atoms with Crippen LogP contribution in [-0.4, -0.2) is 31.9 Å². The van der Waals surface area contributed by atoms with E-state index in [-0.39, 0.29) is 0 Å². The smallest absolute Gasteiger partial charge is 0.312 e. The standard InChI is InChI=1S/C7H17O3PS/c1-4-6-12-7-5-11(8,9-2)10-3/h4-7H2,1-3H3. The second-order valence-corrected chi connectivity index (χ2v) is 5.94. The van der Waals surface area contributed by atoms with Crippen LogP contribution < -0.4 is 0 Å². The first kappa shape index (κ1) is 12.5. The van der Waals surface area contributed by atoms with Crippen molar-refractivity contribution in [3.8, 4) is 0 Å². The Labute approximate surface area is 78.7 Å². The van der Waals surface area contributed by atoms with E-state index >= 15 is 0 Å². The molecule has 0 aromatic rings. The molecule has 0 rings (SSSR count). The number of thioether (sulfide) groups is 1. The molecular weight excluding hydrogens is 195 g/mol. The van der Waals surface area contributed by atoms with E-state index in [0.29, 0.717) is 6.16 Å². The fraction of sp³-hybridized carbons (Fsp3) is 1.00. The summed E-state index contributed by atoms with van der Waals surface area (Å²) in [5.74, 6) is 1.94. The number of hydrogen-bond acceptors (Lipinski definition) is 4. The lowest BCUT2D eigenvalue weighted by Gasteiger charge is -2.12. The van der Waals surface area contributed by atoms with Gasteiger partial charge in [0.2, 0.25) is 0 Å². The van der Waals surface area contributed by atoms with Crippen LogP contribution in [0.25, 0.3) is 0 Å². The van der Waals surface area contributed by atoms with Gasteiger partial charge in [0, 0.05) is 20.0 Å². The Morgan fingerprint density at radius 3 is 2.25 bits per heavy atom. The molecule has 0 heterocycles. The maximum atomic E-state index is 11.5. The first-order valence-corrected chi connectivity index (χ1v) is 6.85. The van der Waals surface area contributed by atoms with Crippen molar-refractivity contribution in [2.24, 2.45) is 0 Å². The van der Waals surface area contributed by atoms with Crippen molar-refractivity contribution in [2.75, 3.05) is 31.9 Å². The van der Waals surface area contributed by atoms with E-state index in [1.807, 2.05) is 0 Å². The zero-order valence-electron chi connectivity index (χ0n) is 7.91. The molecule has 0 bridgehead atoms. The first-order chi connectivity index (χ1) is 5.68. The number of hydrogen-bond donors (Lipinski definition) is 0. The van der Waals surface area contributed by atoms with Gasteiger partial charge in [-0.2, -0.15) is 11.8 Å². The van der Waals surface area contributed by atoms with Crippen molar-refractivity contribution >= 4 is 19.4 Å². The van der Waals surface area contributed by atoms with Gasteiger partial charge in [0.15, 0.2) is 0 Å². The molecule has 3 nitrogen and oxygen atoms in total. The quantitative estimate of drug-likeness (QED) is 0.480. The third kappa shape index (κ3) is 5.20. The van der Waals surface area contributed by atoms with Crippen molar-refractivity contribution in [1.29, 1.82) is 0 Å². The van der Waals surface area contributed by atoms with Crippen LogP contribution in [0.1, 0.15) is 13.3 Å². The molecule has 5 heteroatoms. The third-order valence-corrected chi connectivity index (χ3v) is 4.79. The van der Waals surface area contributed by atoms with Crippen LogP contribution in [0.3, 0.4) is 0 Å². The van der Waals surface area contributed by atoms with Gasteiger partial charge in [0.25, 0.3) is 0 Å². The zero-order valence-corrected chi connectivity index (χ0v) is 9.62. The monoisotopic (exact) mass is 212 g/mol. The molecular formula is C7H17O3PS. The minimum absolute atomic E-state index is 0.505. The van der Waals surface area contributed by atoms with Crippen LogP contribution in [0, 0.1) is 0 Å². The van der Waals surface area contributed by atoms with Gasteiger partial charge < -0.3 is 9.05 Å². The van der Waals surface area contributed by atoms with Gasteiger partial charge in [-0.15, -0.1) is 0 Å². The van der Waals surface area contributed by atoms with Gasteiger partial charge in [0.1, 0.15) is 0 Å². The Hall–Kier alpha value is 0.500. The van der Waals surface area contributed by atoms with Gasteiger partial charge in [-0.1, -0.05) is 6.92 Å². The van der Waals surface area contributed by atoms with Crippen LogP contribution in [-0.2, 0) is 13.6 Å². The van der Waals surface area contributed by atoms with E-state index in [2.05, 4.69) is 6.92 Å². The molecule has 0 radical (unpaired) electrons. The molecule has 12 heavy (non-hydrogen) atoms. The molecule has 0 saturated carbocycles. The predicted molar refractivity (Wildman–Crippen MR) is 54.1 cm³/mol. The van der Waals surface area contributed by atoms with Crippen LogP contribution in [0.4, 0.5) is 0 Å². The average Bonchev–Trinajstić information content (AvgIpc) is 2.12. The molecule has 0 aromatic carbocycles. The van der Waals surface area contributed by atoms with E-state index in [1.165, 1.54) is 14.2 Å². The summed E-state index contributed by atoms with van der Waals surface area (Å²) in [6, 6.07) is 0. The predicted octanol–water partition coefficient (Wildman–Crippen LogP) is 2.62. The maximum Gasteiger partial charge on any atom is 0.330 e. The van der Waals surface area contributed by atoms with E-state index in [9.17, 15) is 4.57 Å². The molecule has 0 saturated heterocycles. The highest BCUT2D eigenvalue weighted by molar-refractivity contribution is 7.99. The van der Waals surface area contributed by atoms with Crippen molar-refractivity contribution in [3.05, 3.63) is 0 Å². The molecule has 0 N–H and O–H groups in total. The Bertz CT molecular complexity index is 144. The second-order valence-electron chi connectivity index (χ2n) is 2.31. The summed E-state index contributed by atoms with van der Waals surface area (Å²) in [4.78, 5) is 0. The van der Waals surface area contributed by atoms with Gasteiger partial charge in [-0.25, -0.2) is 0 Å². The Morgan fingerprint density at radius 2 is 1.83 bits per heavy atom. The summed E-state index contributed by atoms with van der Waals surface area (Å²) in [5.41, 5.74) is 0. The van der Waals surface area contributed by atoms with E-state index < -0.39 is 7.60 Å². The minimum Gasteiger partial charge on any atom is -0.312 e. The summed E-state index contributed by atoms with van der Waals surface area (Å²) in [6.07, 6.45) is 1.65. The number of rotatable bonds is 7. The van der Waals surface area contributed by atoms with Crippen LogP contribution >= 0.6 is 19.4 Å². The van der Waals surface area contributed by atoms with Crippen molar-refractivity contribution in [2.45, 2.75) is 13.3 Å². The van der Waals surface area contributed by atoms with Gasteiger partial charge in [-0.3, -0.25) is 4.57 Å². The summed E-state index contributed by atoms with van der Waals surface area (Å²) in [5, 5.41) is 0. The third-order valence-electron chi connectivity index (χ3n) is 1.41. The molecule has 0 aliphatic rings. The lowest BCUT2D eigenvalue weighted by atomic mass is 10.6. The van der Waals surface area contributed by atoms with E-state index in [4.69, 9.17) is 9.05 Å². The maximum absolute atomic E-state index is 11.5. The van der Waals surface area contributed by atoms with Gasteiger partial charge in [0.05, 0.1) is 6.16 Å². The van der Waals surface area contributed by atoms with Gasteiger partial charge in [-0.05, 0) is 12.2 Å². The van der Waals surface area contributed by atoms with Crippen molar-refractivity contribution in [1.82, 2.24) is 0 Å². The SMILES string of the molecule is CCCSCCP(=O)(OC)OC. The molecule has 0 atom stereocenters. The largest absolute Gasteiger partial charge is 0.330 e. The first-order valence-electron chi connectivity index (χ1n) is 3.96. The summed E-state index contributed by atoms with van der Waals surface area (Å²) in [7, 11) is 0.109. The fourth-order valence-corrected chi connectivity index (χ4v) is 3.10. The lowest BCUT2D eigenvalue weighted by molar-refractivity contribution is 0.277. The lowest BCUT2D eigenvalue weighted by Crippen LogP contribution is -1.97. The highest BCUT2D eigenvalue weighted by Gasteiger charge is 2.19. The summed E-state index contributed by atoms with van der Waals surface area (Å²) < 4.78 is 21.0. The van der Waals surface area contributed by atoms with Crippen LogP contribution in [0.2, 0.25) is 0 Å². The highest BCUT2D eigenvalue weighted by atomic mass is 32.2.